The van der Waals surface area contributed by atoms with Gasteiger partial charge in [0.1, 0.15) is 0 Å². The number of hydrogen-bond donors (Lipinski definition) is 0. The molecule has 0 aliphatic rings. The third-order valence-electron chi connectivity index (χ3n) is 10.3. The number of anilines is 3. The third-order valence-corrected chi connectivity index (χ3v) is 10.3. The molecule has 2 heteroatoms. The molecular weight excluding hydrogens is 629 g/mol. The normalized spacial score (nSPS) is 11.5. The number of hydrogen-bond acceptors (Lipinski definition) is 1. The molecule has 10 aromatic rings. The summed E-state index contributed by atoms with van der Waals surface area (Å²) >= 11 is 0. The van der Waals surface area contributed by atoms with Crippen LogP contribution in [0.1, 0.15) is 0 Å². The number of fused-ring (bicyclic) bond motifs is 5. The molecule has 0 amide bonds. The van der Waals surface area contributed by atoms with Gasteiger partial charge in [0.15, 0.2) is 0 Å². The van der Waals surface area contributed by atoms with Crippen LogP contribution in [0.3, 0.4) is 0 Å². The predicted octanol–water partition coefficient (Wildman–Crippen LogP) is 13.9. The Bertz CT molecular complexity index is 2870. The SMILES string of the molecule is c1ccc(-c2c3ccccc3c(-c3ccccc3)c3cc(N(c4ccccc4)c4cccc5c6ccccc6n(-c6ccccc6)c45)ccc23)cc1. The second-order valence-electron chi connectivity index (χ2n) is 13.3. The van der Waals surface area contributed by atoms with Gasteiger partial charge in [-0.15, -0.1) is 0 Å². The van der Waals surface area contributed by atoms with E-state index < -0.39 is 0 Å². The molecule has 0 saturated carbocycles. The van der Waals surface area contributed by atoms with Gasteiger partial charge < -0.3 is 9.47 Å². The van der Waals surface area contributed by atoms with Crippen LogP contribution < -0.4 is 4.90 Å². The van der Waals surface area contributed by atoms with Crippen LogP contribution in [-0.4, -0.2) is 4.57 Å². The highest BCUT2D eigenvalue weighted by molar-refractivity contribution is 6.22. The first-order valence-corrected chi connectivity index (χ1v) is 17.9. The highest BCUT2D eigenvalue weighted by Crippen LogP contribution is 2.48. The van der Waals surface area contributed by atoms with Crippen LogP contribution in [-0.2, 0) is 0 Å². The first kappa shape index (κ1) is 30.0. The molecule has 1 heterocycles. The van der Waals surface area contributed by atoms with E-state index in [0.717, 1.165) is 22.7 Å². The molecule has 0 bridgehead atoms. The summed E-state index contributed by atoms with van der Waals surface area (Å²) in [5, 5.41) is 7.41. The zero-order chi connectivity index (χ0) is 34.4. The lowest BCUT2D eigenvalue weighted by Crippen LogP contribution is -2.11. The molecule has 0 spiro atoms. The van der Waals surface area contributed by atoms with E-state index in [2.05, 4.69) is 216 Å². The minimum absolute atomic E-state index is 1.10. The molecule has 0 saturated heterocycles. The Hall–Kier alpha value is -6.90. The number of para-hydroxylation sites is 4. The van der Waals surface area contributed by atoms with E-state index in [1.165, 1.54) is 65.6 Å². The maximum absolute atomic E-state index is 2.44. The molecule has 2 nitrogen and oxygen atoms in total. The van der Waals surface area contributed by atoms with Crippen LogP contribution >= 0.6 is 0 Å². The fourth-order valence-corrected chi connectivity index (χ4v) is 8.17. The van der Waals surface area contributed by atoms with Crippen molar-refractivity contribution in [3.63, 3.8) is 0 Å². The zero-order valence-corrected chi connectivity index (χ0v) is 28.5. The lowest BCUT2D eigenvalue weighted by molar-refractivity contribution is 1.17. The first-order chi connectivity index (χ1) is 25.8. The van der Waals surface area contributed by atoms with Gasteiger partial charge in [-0.3, -0.25) is 0 Å². The summed E-state index contributed by atoms with van der Waals surface area (Å²) in [5.74, 6) is 0. The van der Waals surface area contributed by atoms with E-state index in [9.17, 15) is 0 Å². The van der Waals surface area contributed by atoms with E-state index in [4.69, 9.17) is 0 Å². The van der Waals surface area contributed by atoms with E-state index in [1.807, 2.05) is 0 Å². The van der Waals surface area contributed by atoms with Crippen LogP contribution in [0.25, 0.3) is 71.3 Å². The van der Waals surface area contributed by atoms with Gasteiger partial charge in [0.25, 0.3) is 0 Å². The highest BCUT2D eigenvalue weighted by atomic mass is 15.2. The van der Waals surface area contributed by atoms with E-state index in [1.54, 1.807) is 0 Å². The third kappa shape index (κ3) is 4.80. The molecule has 0 aliphatic heterocycles. The van der Waals surface area contributed by atoms with E-state index in [0.29, 0.717) is 0 Å². The van der Waals surface area contributed by atoms with E-state index >= 15 is 0 Å². The summed E-state index contributed by atoms with van der Waals surface area (Å²) in [6, 6.07) is 74.6. The monoisotopic (exact) mass is 662 g/mol. The molecule has 1 aromatic heterocycles. The van der Waals surface area contributed by atoms with Gasteiger partial charge in [-0.1, -0.05) is 158 Å². The van der Waals surface area contributed by atoms with Crippen molar-refractivity contribution in [2.45, 2.75) is 0 Å². The molecule has 244 valence electrons. The van der Waals surface area contributed by atoms with Gasteiger partial charge in [0.2, 0.25) is 0 Å². The second-order valence-corrected chi connectivity index (χ2v) is 13.3. The maximum atomic E-state index is 2.44. The van der Waals surface area contributed by atoms with Crippen molar-refractivity contribution in [3.8, 4) is 27.9 Å². The molecule has 0 N–H and O–H groups in total. The predicted molar refractivity (Wildman–Crippen MR) is 221 cm³/mol. The highest BCUT2D eigenvalue weighted by Gasteiger charge is 2.23. The second kappa shape index (κ2) is 12.5. The Balaban J connectivity index is 1.33. The first-order valence-electron chi connectivity index (χ1n) is 17.9. The molecule has 0 atom stereocenters. The quantitative estimate of drug-likeness (QED) is 0.161. The Morgan fingerprint density at radius 3 is 1.48 bits per heavy atom. The summed E-state index contributed by atoms with van der Waals surface area (Å²) in [6.07, 6.45) is 0. The number of rotatable bonds is 6. The topological polar surface area (TPSA) is 8.17 Å². The van der Waals surface area contributed by atoms with Crippen LogP contribution in [0.2, 0.25) is 0 Å². The Kier molecular flexibility index (Phi) is 7.18. The van der Waals surface area contributed by atoms with E-state index in [-0.39, 0.29) is 0 Å². The van der Waals surface area contributed by atoms with Crippen LogP contribution in [0, 0.1) is 0 Å². The average Bonchev–Trinajstić information content (AvgIpc) is 3.56. The molecule has 9 aromatic carbocycles. The van der Waals surface area contributed by atoms with Crippen molar-refractivity contribution in [1.29, 1.82) is 0 Å². The Morgan fingerprint density at radius 2 is 0.827 bits per heavy atom. The lowest BCUT2D eigenvalue weighted by Gasteiger charge is -2.28. The van der Waals surface area contributed by atoms with Crippen LogP contribution in [0.15, 0.2) is 206 Å². The summed E-state index contributed by atoms with van der Waals surface area (Å²) in [5.41, 5.74) is 11.7. The molecule has 0 aliphatic carbocycles. The smallest absolute Gasteiger partial charge is 0.0782 e. The average molecular weight is 663 g/mol. The zero-order valence-electron chi connectivity index (χ0n) is 28.5. The van der Waals surface area contributed by atoms with Crippen LogP contribution in [0.5, 0.6) is 0 Å². The molecule has 0 fully saturated rings. The minimum Gasteiger partial charge on any atom is -0.308 e. The van der Waals surface area contributed by atoms with Crippen molar-refractivity contribution < 1.29 is 0 Å². The number of nitrogens with zero attached hydrogens (tertiary/aromatic N) is 2. The fraction of sp³-hybridized carbons (Fsp3) is 0. The van der Waals surface area contributed by atoms with Crippen molar-refractivity contribution in [2.24, 2.45) is 0 Å². The van der Waals surface area contributed by atoms with Crippen molar-refractivity contribution in [2.75, 3.05) is 4.90 Å². The summed E-state index contributed by atoms with van der Waals surface area (Å²) in [7, 11) is 0. The molecule has 0 unspecified atom stereocenters. The largest absolute Gasteiger partial charge is 0.308 e. The van der Waals surface area contributed by atoms with Gasteiger partial charge in [-0.25, -0.2) is 0 Å². The van der Waals surface area contributed by atoms with Gasteiger partial charge in [-0.05, 0) is 92.3 Å². The van der Waals surface area contributed by atoms with Gasteiger partial charge in [-0.2, -0.15) is 0 Å². The minimum atomic E-state index is 1.10. The van der Waals surface area contributed by atoms with Gasteiger partial charge in [0, 0.05) is 27.8 Å². The molecule has 10 rings (SSSR count). The Labute approximate surface area is 303 Å². The molecular formula is C50H34N2. The van der Waals surface area contributed by atoms with Crippen molar-refractivity contribution in [3.05, 3.63) is 206 Å². The van der Waals surface area contributed by atoms with Gasteiger partial charge >= 0.3 is 0 Å². The molecule has 0 radical (unpaired) electrons. The van der Waals surface area contributed by atoms with Gasteiger partial charge in [0.05, 0.1) is 16.7 Å². The maximum Gasteiger partial charge on any atom is 0.0782 e. The fourth-order valence-electron chi connectivity index (χ4n) is 8.17. The van der Waals surface area contributed by atoms with Crippen molar-refractivity contribution >= 4 is 60.4 Å². The number of benzene rings is 9. The number of aromatic nitrogens is 1. The molecule has 52 heavy (non-hydrogen) atoms. The standard InChI is InChI=1S/C50H34N2/c1-5-18-35(19-6-1)48-41-27-13-14-28-42(41)49(36-20-7-2-8-21-36)45-34-39(32-33-43(45)48)51(37-22-9-3-10-23-37)47-31-17-29-44-40-26-15-16-30-46(40)52(50(44)47)38-24-11-4-12-25-38/h1-34H. The summed E-state index contributed by atoms with van der Waals surface area (Å²) in [4.78, 5) is 2.44. The lowest BCUT2D eigenvalue weighted by atomic mass is 9.85. The summed E-state index contributed by atoms with van der Waals surface area (Å²) in [6.45, 7) is 0. The van der Waals surface area contributed by atoms with Crippen LogP contribution in [0.4, 0.5) is 17.1 Å². The Morgan fingerprint density at radius 1 is 0.327 bits per heavy atom. The van der Waals surface area contributed by atoms with Crippen molar-refractivity contribution in [1.82, 2.24) is 4.57 Å². The summed E-state index contributed by atoms with van der Waals surface area (Å²) < 4.78 is 2.42.